The van der Waals surface area contributed by atoms with Gasteiger partial charge in [-0.05, 0) is 40.5 Å². The first-order valence-electron chi connectivity index (χ1n) is 5.20. The molecule has 18 heavy (non-hydrogen) atoms. The first kappa shape index (κ1) is 14.1. The van der Waals surface area contributed by atoms with Crippen LogP contribution in [-0.4, -0.2) is 9.97 Å². The van der Waals surface area contributed by atoms with Crippen LogP contribution in [0.5, 0.6) is 0 Å². The molecule has 0 saturated carbocycles. The van der Waals surface area contributed by atoms with E-state index >= 15 is 0 Å². The highest BCUT2D eigenvalue weighted by Crippen LogP contribution is 2.30. The lowest BCUT2D eigenvalue weighted by Crippen LogP contribution is -1.96. The summed E-state index contributed by atoms with van der Waals surface area (Å²) in [6.45, 7) is 1.95. The average Bonchev–Trinajstić information content (AvgIpc) is 2.32. The minimum atomic E-state index is 0.388. The Morgan fingerprint density at radius 3 is 2.22 bits per heavy atom. The van der Waals surface area contributed by atoms with Crippen molar-refractivity contribution in [3.05, 3.63) is 43.6 Å². The highest BCUT2D eigenvalue weighted by Gasteiger charge is 2.12. The van der Waals surface area contributed by atoms with Gasteiger partial charge in [-0.1, -0.05) is 41.7 Å². The smallest absolute Gasteiger partial charge is 0.162 e. The van der Waals surface area contributed by atoms with Crippen LogP contribution < -0.4 is 0 Å². The van der Waals surface area contributed by atoms with Gasteiger partial charge in [-0.2, -0.15) is 0 Å². The van der Waals surface area contributed by atoms with Gasteiger partial charge in [-0.25, -0.2) is 9.97 Å². The summed E-state index contributed by atoms with van der Waals surface area (Å²) in [6.07, 6.45) is 0.697. The summed E-state index contributed by atoms with van der Waals surface area (Å²) in [5.74, 6) is 0.486. The van der Waals surface area contributed by atoms with Gasteiger partial charge in [0.2, 0.25) is 0 Å². The van der Waals surface area contributed by atoms with Crippen LogP contribution in [0.25, 0.3) is 11.4 Å². The first-order valence-corrected chi connectivity index (χ1v) is 7.13. The van der Waals surface area contributed by atoms with E-state index in [-0.39, 0.29) is 0 Å². The van der Waals surface area contributed by atoms with Crippen molar-refractivity contribution in [2.75, 3.05) is 0 Å². The second-order valence-corrected chi connectivity index (χ2v) is 5.57. The molecule has 1 aromatic heterocycles. The van der Waals surface area contributed by atoms with Gasteiger partial charge in [0.05, 0.1) is 5.02 Å². The molecule has 2 aromatic rings. The molecule has 0 aliphatic heterocycles. The van der Waals surface area contributed by atoms with Crippen molar-refractivity contribution in [3.8, 4) is 11.4 Å². The third-order valence-corrected chi connectivity index (χ3v) is 4.28. The van der Waals surface area contributed by atoms with Gasteiger partial charge in [0.1, 0.15) is 10.3 Å². The van der Waals surface area contributed by atoms with Crippen LogP contribution in [0.15, 0.2) is 22.7 Å². The molecular formula is C12H8BrCl3N2. The van der Waals surface area contributed by atoms with Crippen molar-refractivity contribution in [2.24, 2.45) is 0 Å². The molecule has 1 heterocycles. The van der Waals surface area contributed by atoms with Gasteiger partial charge >= 0.3 is 0 Å². The molecule has 0 fully saturated rings. The van der Waals surface area contributed by atoms with Crippen LogP contribution in [0.3, 0.4) is 0 Å². The molecule has 0 amide bonds. The van der Waals surface area contributed by atoms with Crippen molar-refractivity contribution in [2.45, 2.75) is 13.3 Å². The zero-order valence-corrected chi connectivity index (χ0v) is 13.2. The van der Waals surface area contributed by atoms with Gasteiger partial charge in [-0.15, -0.1) is 0 Å². The molecule has 2 nitrogen and oxygen atoms in total. The maximum atomic E-state index is 6.08. The van der Waals surface area contributed by atoms with Crippen molar-refractivity contribution in [1.82, 2.24) is 9.97 Å². The van der Waals surface area contributed by atoms with E-state index < -0.39 is 0 Å². The van der Waals surface area contributed by atoms with Crippen molar-refractivity contribution in [3.63, 3.8) is 0 Å². The number of aromatic nitrogens is 2. The maximum Gasteiger partial charge on any atom is 0.162 e. The minimum absolute atomic E-state index is 0.388. The molecule has 0 atom stereocenters. The topological polar surface area (TPSA) is 25.8 Å². The first-order chi connectivity index (χ1) is 8.52. The largest absolute Gasteiger partial charge is 0.216 e. The fourth-order valence-electron chi connectivity index (χ4n) is 1.49. The summed E-state index contributed by atoms with van der Waals surface area (Å²) in [5, 5.41) is 1.40. The molecule has 94 valence electrons. The SMILES string of the molecule is CCc1c(Cl)nc(-c2ccc(Cl)c(Br)c2)nc1Cl. The quantitative estimate of drug-likeness (QED) is 0.663. The van der Waals surface area contributed by atoms with E-state index in [0.29, 0.717) is 27.6 Å². The van der Waals surface area contributed by atoms with Crippen LogP contribution >= 0.6 is 50.7 Å². The molecule has 1 aromatic carbocycles. The highest BCUT2D eigenvalue weighted by atomic mass is 79.9. The van der Waals surface area contributed by atoms with E-state index in [2.05, 4.69) is 25.9 Å². The number of halogens is 4. The average molecular weight is 366 g/mol. The molecule has 0 unspecified atom stereocenters. The van der Waals surface area contributed by atoms with Crippen LogP contribution in [0, 0.1) is 0 Å². The fourth-order valence-corrected chi connectivity index (χ4v) is 2.64. The maximum absolute atomic E-state index is 6.08. The van der Waals surface area contributed by atoms with Crippen LogP contribution in [-0.2, 0) is 6.42 Å². The van der Waals surface area contributed by atoms with E-state index in [4.69, 9.17) is 34.8 Å². The van der Waals surface area contributed by atoms with Crippen molar-refractivity contribution < 1.29 is 0 Å². The van der Waals surface area contributed by atoms with E-state index in [1.165, 1.54) is 0 Å². The van der Waals surface area contributed by atoms with Crippen LogP contribution in [0.4, 0.5) is 0 Å². The predicted octanol–water partition coefficient (Wildman–Crippen LogP) is 5.43. The number of nitrogens with zero attached hydrogens (tertiary/aromatic N) is 2. The lowest BCUT2D eigenvalue weighted by Gasteiger charge is -2.07. The molecule has 0 aliphatic rings. The Kier molecular flexibility index (Phi) is 4.49. The fraction of sp³-hybridized carbons (Fsp3) is 0.167. The van der Waals surface area contributed by atoms with E-state index in [1.807, 2.05) is 19.1 Å². The lowest BCUT2D eigenvalue weighted by atomic mass is 10.2. The summed E-state index contributed by atoms with van der Waals surface area (Å²) in [4.78, 5) is 8.50. The Morgan fingerprint density at radius 2 is 1.72 bits per heavy atom. The molecule has 0 N–H and O–H groups in total. The zero-order valence-electron chi connectivity index (χ0n) is 9.35. The number of hydrogen-bond donors (Lipinski definition) is 0. The Bertz CT molecular complexity index is 579. The van der Waals surface area contributed by atoms with Crippen molar-refractivity contribution >= 4 is 50.7 Å². The third kappa shape index (κ3) is 2.80. The normalized spacial score (nSPS) is 10.7. The monoisotopic (exact) mass is 364 g/mol. The van der Waals surface area contributed by atoms with E-state index in [9.17, 15) is 0 Å². The van der Waals surface area contributed by atoms with E-state index in [0.717, 1.165) is 15.6 Å². The van der Waals surface area contributed by atoms with Crippen LogP contribution in [0.1, 0.15) is 12.5 Å². The Hall–Kier alpha value is -0.350. The summed E-state index contributed by atoms with van der Waals surface area (Å²) < 4.78 is 0.775. The summed E-state index contributed by atoms with van der Waals surface area (Å²) >= 11 is 21.5. The molecule has 0 radical (unpaired) electrons. The molecule has 6 heteroatoms. The van der Waals surface area contributed by atoms with E-state index in [1.54, 1.807) is 6.07 Å². The predicted molar refractivity (Wildman–Crippen MR) is 79.6 cm³/mol. The minimum Gasteiger partial charge on any atom is -0.216 e. The summed E-state index contributed by atoms with van der Waals surface area (Å²) in [5.41, 5.74) is 1.56. The standard InChI is InChI=1S/C12H8BrCl3N2/c1-2-7-10(15)17-12(18-11(7)16)6-3-4-9(14)8(13)5-6/h3-5H,2H2,1H3. The molecule has 0 spiro atoms. The summed E-state index contributed by atoms with van der Waals surface area (Å²) in [7, 11) is 0. The second kappa shape index (κ2) is 5.74. The molecular weight excluding hydrogens is 358 g/mol. The zero-order chi connectivity index (χ0) is 13.3. The number of hydrogen-bond acceptors (Lipinski definition) is 2. The molecule has 0 aliphatic carbocycles. The number of benzene rings is 1. The Balaban J connectivity index is 2.54. The third-order valence-electron chi connectivity index (χ3n) is 2.44. The lowest BCUT2D eigenvalue weighted by molar-refractivity contribution is 1.05. The van der Waals surface area contributed by atoms with Gasteiger partial charge < -0.3 is 0 Å². The van der Waals surface area contributed by atoms with Crippen LogP contribution in [0.2, 0.25) is 15.3 Å². The van der Waals surface area contributed by atoms with Gasteiger partial charge in [-0.3, -0.25) is 0 Å². The Morgan fingerprint density at radius 1 is 1.11 bits per heavy atom. The molecule has 2 rings (SSSR count). The Labute approximate surface area is 128 Å². The summed E-state index contributed by atoms with van der Waals surface area (Å²) in [6, 6.07) is 5.41. The van der Waals surface area contributed by atoms with Crippen molar-refractivity contribution in [1.29, 1.82) is 0 Å². The number of rotatable bonds is 2. The van der Waals surface area contributed by atoms with Gasteiger partial charge in [0.25, 0.3) is 0 Å². The molecule has 0 saturated heterocycles. The second-order valence-electron chi connectivity index (χ2n) is 3.59. The molecule has 0 bridgehead atoms. The van der Waals surface area contributed by atoms with Gasteiger partial charge in [0.15, 0.2) is 5.82 Å². The highest BCUT2D eigenvalue weighted by molar-refractivity contribution is 9.10. The van der Waals surface area contributed by atoms with Gasteiger partial charge in [0, 0.05) is 15.6 Å².